The fourth-order valence-corrected chi connectivity index (χ4v) is 5.63. The van der Waals surface area contributed by atoms with Crippen LogP contribution in [0.2, 0.25) is 10.0 Å². The van der Waals surface area contributed by atoms with Crippen LogP contribution in [0.1, 0.15) is 13.8 Å². The third-order valence-electron chi connectivity index (χ3n) is 4.44. The first-order valence-corrected chi connectivity index (χ1v) is 11.3. The molecule has 2 aromatic rings. The summed E-state index contributed by atoms with van der Waals surface area (Å²) in [4.78, 5) is 6.63. The zero-order valence-electron chi connectivity index (χ0n) is 14.2. The van der Waals surface area contributed by atoms with Crippen molar-refractivity contribution >= 4 is 61.6 Å². The lowest BCUT2D eigenvalue weighted by Gasteiger charge is -2.44. The molecule has 5 nitrogen and oxygen atoms in total. The van der Waals surface area contributed by atoms with Crippen LogP contribution in [-0.2, 0) is 10.0 Å². The lowest BCUT2D eigenvalue weighted by atomic mass is 10.1. The summed E-state index contributed by atoms with van der Waals surface area (Å²) in [6.45, 7) is 4.72. The Labute approximate surface area is 177 Å². The summed E-state index contributed by atoms with van der Waals surface area (Å²) in [6.07, 6.45) is 1.69. The first-order valence-electron chi connectivity index (χ1n) is 8.06. The Hall–Kier alpha value is -0.610. The van der Waals surface area contributed by atoms with Crippen molar-refractivity contribution in [3.8, 4) is 0 Å². The molecule has 0 unspecified atom stereocenters. The molecule has 0 N–H and O–H groups in total. The average molecular weight is 526 g/mol. The van der Waals surface area contributed by atoms with E-state index in [0.717, 1.165) is 3.57 Å². The van der Waals surface area contributed by atoms with E-state index in [9.17, 15) is 8.42 Å². The predicted octanol–water partition coefficient (Wildman–Crippen LogP) is 4.28. The minimum Gasteiger partial charge on any atom is -0.350 e. The number of aromatic nitrogens is 1. The summed E-state index contributed by atoms with van der Waals surface area (Å²) in [5.41, 5.74) is 0. The number of pyridine rings is 1. The minimum atomic E-state index is -3.63. The second-order valence-electron chi connectivity index (χ2n) is 6.31. The van der Waals surface area contributed by atoms with E-state index >= 15 is 0 Å². The van der Waals surface area contributed by atoms with Gasteiger partial charge in [0.15, 0.2) is 0 Å². The smallest absolute Gasteiger partial charge is 0.243 e. The number of anilines is 1. The van der Waals surface area contributed by atoms with Gasteiger partial charge in [-0.1, -0.05) is 23.2 Å². The quantitative estimate of drug-likeness (QED) is 0.561. The number of hydrogen-bond acceptors (Lipinski definition) is 4. The molecule has 2 heterocycles. The molecule has 1 aromatic heterocycles. The van der Waals surface area contributed by atoms with Crippen LogP contribution in [0.5, 0.6) is 0 Å². The van der Waals surface area contributed by atoms with E-state index in [1.54, 1.807) is 30.5 Å². The van der Waals surface area contributed by atoms with Crippen molar-refractivity contribution in [2.75, 3.05) is 18.0 Å². The number of hydrogen-bond donors (Lipinski definition) is 0. The van der Waals surface area contributed by atoms with E-state index in [2.05, 4.69) is 32.5 Å². The van der Waals surface area contributed by atoms with Gasteiger partial charge in [-0.15, -0.1) is 0 Å². The second-order valence-corrected chi connectivity index (χ2v) is 10.2. The fraction of sp³-hybridized carbons (Fsp3) is 0.353. The van der Waals surface area contributed by atoms with Gasteiger partial charge in [0.25, 0.3) is 0 Å². The van der Waals surface area contributed by atoms with Gasteiger partial charge in [-0.3, -0.25) is 0 Å². The maximum absolute atomic E-state index is 13.1. The summed E-state index contributed by atoms with van der Waals surface area (Å²) in [5, 5.41) is 0.999. The first kappa shape index (κ1) is 20.1. The van der Waals surface area contributed by atoms with Crippen LogP contribution in [0, 0.1) is 3.57 Å². The summed E-state index contributed by atoms with van der Waals surface area (Å²) >= 11 is 14.5. The molecule has 1 saturated heterocycles. The molecule has 0 spiro atoms. The lowest BCUT2D eigenvalue weighted by molar-refractivity contribution is 0.272. The number of benzene rings is 1. The molecule has 0 radical (unpaired) electrons. The van der Waals surface area contributed by atoms with Crippen molar-refractivity contribution < 1.29 is 8.42 Å². The van der Waals surface area contributed by atoms with Crippen LogP contribution >= 0.6 is 45.8 Å². The SMILES string of the molecule is C[C@@H]1CN(c2ncccc2Cl)[C@@H](C)CN1S(=O)(=O)c1ccc(I)c(Cl)c1. The molecule has 1 fully saturated rings. The van der Waals surface area contributed by atoms with Gasteiger partial charge in [-0.05, 0) is 66.8 Å². The summed E-state index contributed by atoms with van der Waals surface area (Å²) in [6, 6.07) is 8.10. The van der Waals surface area contributed by atoms with Gasteiger partial charge in [0.1, 0.15) is 5.82 Å². The van der Waals surface area contributed by atoms with Crippen LogP contribution in [-0.4, -0.2) is 42.9 Å². The van der Waals surface area contributed by atoms with E-state index in [1.807, 2.05) is 13.8 Å². The summed E-state index contributed by atoms with van der Waals surface area (Å²) < 4.78 is 28.6. The van der Waals surface area contributed by atoms with Crippen LogP contribution in [0.15, 0.2) is 41.4 Å². The van der Waals surface area contributed by atoms with Gasteiger partial charge >= 0.3 is 0 Å². The molecule has 2 atom stereocenters. The highest BCUT2D eigenvalue weighted by Crippen LogP contribution is 2.31. The molecule has 0 saturated carbocycles. The van der Waals surface area contributed by atoms with Gasteiger partial charge in [-0.25, -0.2) is 13.4 Å². The maximum Gasteiger partial charge on any atom is 0.243 e. The van der Waals surface area contributed by atoms with E-state index < -0.39 is 10.0 Å². The molecular weight excluding hydrogens is 508 g/mol. The van der Waals surface area contributed by atoms with E-state index in [4.69, 9.17) is 23.2 Å². The molecule has 3 rings (SSSR count). The van der Waals surface area contributed by atoms with Crippen LogP contribution in [0.4, 0.5) is 5.82 Å². The van der Waals surface area contributed by atoms with Crippen LogP contribution < -0.4 is 4.90 Å². The van der Waals surface area contributed by atoms with Gasteiger partial charge in [0.2, 0.25) is 10.0 Å². The third-order valence-corrected chi connectivity index (χ3v) is 8.28. The number of piperazine rings is 1. The Morgan fingerprint density at radius 1 is 1.12 bits per heavy atom. The Kier molecular flexibility index (Phi) is 6.03. The van der Waals surface area contributed by atoms with E-state index in [0.29, 0.717) is 29.0 Å². The normalized spacial score (nSPS) is 21.8. The Morgan fingerprint density at radius 3 is 2.50 bits per heavy atom. The van der Waals surface area contributed by atoms with Crippen LogP contribution in [0.25, 0.3) is 0 Å². The second kappa shape index (κ2) is 7.79. The number of sulfonamides is 1. The topological polar surface area (TPSA) is 53.5 Å². The lowest BCUT2D eigenvalue weighted by Crippen LogP contribution is -2.58. The molecule has 1 aromatic carbocycles. The Balaban J connectivity index is 1.89. The molecule has 140 valence electrons. The molecule has 26 heavy (non-hydrogen) atoms. The molecule has 1 aliphatic rings. The van der Waals surface area contributed by atoms with Crippen molar-refractivity contribution in [1.82, 2.24) is 9.29 Å². The number of rotatable bonds is 3. The van der Waals surface area contributed by atoms with E-state index in [-0.39, 0.29) is 17.0 Å². The standard InChI is InChI=1S/C17H18Cl2IN3O2S/c1-11-10-23(26(24,25)13-5-6-16(20)15(19)8-13)12(2)9-22(11)17-14(18)4-3-7-21-17/h3-8,11-12H,9-10H2,1-2H3/t11-,12+/m0/s1. The fourth-order valence-electron chi connectivity index (χ4n) is 3.09. The van der Waals surface area contributed by atoms with Crippen molar-refractivity contribution in [3.63, 3.8) is 0 Å². The first-order chi connectivity index (χ1) is 12.2. The van der Waals surface area contributed by atoms with Gasteiger partial charge in [-0.2, -0.15) is 4.31 Å². The van der Waals surface area contributed by atoms with Crippen molar-refractivity contribution in [2.45, 2.75) is 30.8 Å². The Bertz CT molecular complexity index is 926. The van der Waals surface area contributed by atoms with Crippen LogP contribution in [0.3, 0.4) is 0 Å². The van der Waals surface area contributed by atoms with Crippen molar-refractivity contribution in [3.05, 3.63) is 50.1 Å². The molecule has 0 aliphatic carbocycles. The number of halogens is 3. The molecule has 1 aliphatic heterocycles. The summed E-state index contributed by atoms with van der Waals surface area (Å²) in [7, 11) is -3.63. The van der Waals surface area contributed by atoms with E-state index in [1.165, 1.54) is 10.4 Å². The monoisotopic (exact) mass is 525 g/mol. The number of nitrogens with zero attached hydrogens (tertiary/aromatic N) is 3. The zero-order valence-corrected chi connectivity index (χ0v) is 18.7. The molecule has 0 bridgehead atoms. The van der Waals surface area contributed by atoms with Gasteiger partial charge in [0, 0.05) is 34.9 Å². The third kappa shape index (κ3) is 3.82. The maximum atomic E-state index is 13.1. The molecule has 9 heteroatoms. The largest absolute Gasteiger partial charge is 0.350 e. The molecule has 0 amide bonds. The predicted molar refractivity (Wildman–Crippen MR) is 114 cm³/mol. The Morgan fingerprint density at radius 2 is 1.85 bits per heavy atom. The minimum absolute atomic E-state index is 0.0623. The van der Waals surface area contributed by atoms with Gasteiger partial charge < -0.3 is 4.90 Å². The van der Waals surface area contributed by atoms with Crippen molar-refractivity contribution in [1.29, 1.82) is 0 Å². The highest BCUT2D eigenvalue weighted by molar-refractivity contribution is 14.1. The highest BCUT2D eigenvalue weighted by Gasteiger charge is 2.38. The summed E-state index contributed by atoms with van der Waals surface area (Å²) in [5.74, 6) is 0.683. The highest BCUT2D eigenvalue weighted by atomic mass is 127. The van der Waals surface area contributed by atoms with Gasteiger partial charge in [0.05, 0.1) is 14.9 Å². The average Bonchev–Trinajstić information content (AvgIpc) is 2.59. The van der Waals surface area contributed by atoms with Crippen molar-refractivity contribution in [2.24, 2.45) is 0 Å². The zero-order chi connectivity index (χ0) is 19.1. The molecular formula is C17H18Cl2IN3O2S.